The van der Waals surface area contributed by atoms with Crippen LogP contribution in [0.4, 0.5) is 0 Å². The number of aromatic nitrogens is 4. The number of hydrogen-bond donors (Lipinski definition) is 2. The molecule has 0 radical (unpaired) electrons. The van der Waals surface area contributed by atoms with Gasteiger partial charge in [-0.1, -0.05) is 55.8 Å². The standard InChI is InChI=1S/C26H34N6O4/c1-18(2)13-14-27-26(35)24(20-9-11-22(36-4)12-10-20)31(15-16-33)23(34)17-32-29-25(28-30-32)21-7-5-19(3)6-8-21/h5-12,18,24,33H,13-17H2,1-4H3,(H,27,35). The van der Waals surface area contributed by atoms with Crippen molar-refractivity contribution in [1.82, 2.24) is 30.4 Å². The molecular weight excluding hydrogens is 460 g/mol. The average Bonchev–Trinajstić information content (AvgIpc) is 3.32. The number of methoxy groups -OCH3 is 1. The summed E-state index contributed by atoms with van der Waals surface area (Å²) in [6.45, 7) is 6.04. The summed E-state index contributed by atoms with van der Waals surface area (Å²) >= 11 is 0. The van der Waals surface area contributed by atoms with Crippen LogP contribution in [0.2, 0.25) is 0 Å². The van der Waals surface area contributed by atoms with Crippen LogP contribution in [0.3, 0.4) is 0 Å². The van der Waals surface area contributed by atoms with Gasteiger partial charge in [-0.2, -0.15) is 4.80 Å². The van der Waals surface area contributed by atoms with E-state index < -0.39 is 11.9 Å². The zero-order valence-electron chi connectivity index (χ0n) is 21.2. The topological polar surface area (TPSA) is 122 Å². The minimum absolute atomic E-state index is 0.0351. The number of amides is 2. The van der Waals surface area contributed by atoms with Crippen molar-refractivity contribution in [1.29, 1.82) is 0 Å². The predicted molar refractivity (Wildman–Crippen MR) is 135 cm³/mol. The molecule has 2 N–H and O–H groups in total. The molecule has 0 saturated heterocycles. The van der Waals surface area contributed by atoms with E-state index >= 15 is 0 Å². The fourth-order valence-electron chi connectivity index (χ4n) is 3.69. The highest BCUT2D eigenvalue weighted by atomic mass is 16.5. The highest BCUT2D eigenvalue weighted by Gasteiger charge is 2.31. The Hall–Kier alpha value is -3.79. The lowest BCUT2D eigenvalue weighted by Gasteiger charge is -2.31. The number of tetrazole rings is 1. The van der Waals surface area contributed by atoms with Crippen LogP contribution < -0.4 is 10.1 Å². The van der Waals surface area contributed by atoms with Gasteiger partial charge in [0.05, 0.1) is 13.7 Å². The van der Waals surface area contributed by atoms with Crippen molar-refractivity contribution >= 4 is 11.8 Å². The predicted octanol–water partition coefficient (Wildman–Crippen LogP) is 2.38. The monoisotopic (exact) mass is 494 g/mol. The molecule has 2 aromatic carbocycles. The van der Waals surface area contributed by atoms with Crippen LogP contribution in [0.25, 0.3) is 11.4 Å². The van der Waals surface area contributed by atoms with Gasteiger partial charge in [-0.25, -0.2) is 0 Å². The van der Waals surface area contributed by atoms with Crippen molar-refractivity contribution in [2.45, 2.75) is 39.8 Å². The van der Waals surface area contributed by atoms with Crippen molar-refractivity contribution in [2.75, 3.05) is 26.8 Å². The first kappa shape index (κ1) is 26.8. The number of benzene rings is 2. The minimum Gasteiger partial charge on any atom is -0.497 e. The lowest BCUT2D eigenvalue weighted by molar-refractivity contribution is -0.142. The van der Waals surface area contributed by atoms with Crippen LogP contribution in [0.1, 0.15) is 37.4 Å². The molecule has 0 aliphatic rings. The maximum absolute atomic E-state index is 13.4. The first-order valence-electron chi connectivity index (χ1n) is 12.0. The summed E-state index contributed by atoms with van der Waals surface area (Å²) in [6.07, 6.45) is 0.805. The third-order valence-corrected chi connectivity index (χ3v) is 5.71. The third kappa shape index (κ3) is 7.11. The number of ether oxygens (including phenoxy) is 1. The van der Waals surface area contributed by atoms with Gasteiger partial charge in [-0.15, -0.1) is 10.2 Å². The second-order valence-electron chi connectivity index (χ2n) is 8.97. The van der Waals surface area contributed by atoms with Crippen LogP contribution in [-0.4, -0.2) is 68.8 Å². The Bertz CT molecular complexity index is 1130. The Kier molecular flexibility index (Phi) is 9.52. The summed E-state index contributed by atoms with van der Waals surface area (Å²) in [5.74, 6) is 0.704. The molecule has 2 amide bonds. The van der Waals surface area contributed by atoms with Crippen molar-refractivity contribution < 1.29 is 19.4 Å². The molecule has 0 spiro atoms. The van der Waals surface area contributed by atoms with Gasteiger partial charge in [0.1, 0.15) is 18.3 Å². The van der Waals surface area contributed by atoms with Gasteiger partial charge in [0.15, 0.2) is 0 Å². The van der Waals surface area contributed by atoms with Crippen LogP contribution in [0.15, 0.2) is 48.5 Å². The minimum atomic E-state index is -0.942. The van der Waals surface area contributed by atoms with Crippen LogP contribution in [0.5, 0.6) is 5.75 Å². The fraction of sp³-hybridized carbons (Fsp3) is 0.423. The second kappa shape index (κ2) is 12.8. The molecule has 0 bridgehead atoms. The number of carbonyl (C=O) groups is 2. The Labute approximate surface area is 211 Å². The summed E-state index contributed by atoms with van der Waals surface area (Å²) < 4.78 is 5.23. The number of aliphatic hydroxyl groups is 1. The van der Waals surface area contributed by atoms with E-state index in [9.17, 15) is 14.7 Å². The maximum atomic E-state index is 13.4. The molecule has 36 heavy (non-hydrogen) atoms. The van der Waals surface area contributed by atoms with Gasteiger partial charge in [0.2, 0.25) is 17.6 Å². The third-order valence-electron chi connectivity index (χ3n) is 5.71. The molecule has 0 aliphatic carbocycles. The quantitative estimate of drug-likeness (QED) is 0.396. The van der Waals surface area contributed by atoms with Gasteiger partial charge in [0, 0.05) is 18.7 Å². The highest BCUT2D eigenvalue weighted by molar-refractivity contribution is 5.88. The molecule has 1 atom stereocenters. The van der Waals surface area contributed by atoms with Gasteiger partial charge < -0.3 is 20.1 Å². The summed E-state index contributed by atoms with van der Waals surface area (Å²) in [4.78, 5) is 29.2. The van der Waals surface area contributed by atoms with Crippen LogP contribution in [-0.2, 0) is 16.1 Å². The summed E-state index contributed by atoms with van der Waals surface area (Å²) in [5.41, 5.74) is 2.50. The van der Waals surface area contributed by atoms with Crippen molar-refractivity contribution in [3.05, 3.63) is 59.7 Å². The number of carbonyl (C=O) groups excluding carboxylic acids is 2. The van der Waals surface area contributed by atoms with E-state index in [0.717, 1.165) is 17.5 Å². The zero-order chi connectivity index (χ0) is 26.1. The number of aliphatic hydroxyl groups excluding tert-OH is 1. The molecule has 3 aromatic rings. The zero-order valence-corrected chi connectivity index (χ0v) is 21.2. The van der Waals surface area contributed by atoms with Crippen LogP contribution in [0, 0.1) is 12.8 Å². The van der Waals surface area contributed by atoms with E-state index in [-0.39, 0.29) is 25.6 Å². The van der Waals surface area contributed by atoms with Crippen LogP contribution >= 0.6 is 0 Å². The smallest absolute Gasteiger partial charge is 0.247 e. The van der Waals surface area contributed by atoms with Crippen molar-refractivity contribution in [3.63, 3.8) is 0 Å². The van der Waals surface area contributed by atoms with Gasteiger partial charge in [0.25, 0.3) is 0 Å². The van der Waals surface area contributed by atoms with Gasteiger partial charge >= 0.3 is 0 Å². The molecule has 0 aliphatic heterocycles. The molecule has 10 heteroatoms. The molecule has 192 valence electrons. The first-order chi connectivity index (χ1) is 17.3. The SMILES string of the molecule is COc1ccc(C(C(=O)NCCC(C)C)N(CCO)C(=O)Cn2nnc(-c3ccc(C)cc3)n2)cc1. The van der Waals surface area contributed by atoms with Gasteiger partial charge in [-0.05, 0) is 42.2 Å². The molecular formula is C26H34N6O4. The summed E-state index contributed by atoms with van der Waals surface area (Å²) in [6, 6.07) is 13.7. The molecule has 0 saturated carbocycles. The molecule has 1 unspecified atom stereocenters. The number of aryl methyl sites for hydroxylation is 1. The molecule has 1 aromatic heterocycles. The van der Waals surface area contributed by atoms with E-state index in [4.69, 9.17) is 4.74 Å². The number of hydrogen-bond acceptors (Lipinski definition) is 7. The Morgan fingerprint density at radius 3 is 2.42 bits per heavy atom. The Balaban J connectivity index is 1.84. The molecule has 3 rings (SSSR count). The lowest BCUT2D eigenvalue weighted by atomic mass is 10.0. The maximum Gasteiger partial charge on any atom is 0.247 e. The number of rotatable bonds is 12. The van der Waals surface area contributed by atoms with E-state index in [2.05, 4.69) is 34.6 Å². The number of nitrogens with one attached hydrogen (secondary N) is 1. The molecule has 10 nitrogen and oxygen atoms in total. The van der Waals surface area contributed by atoms with E-state index in [1.165, 1.54) is 9.70 Å². The average molecular weight is 495 g/mol. The molecule has 0 fully saturated rings. The van der Waals surface area contributed by atoms with E-state index in [0.29, 0.717) is 29.6 Å². The first-order valence-corrected chi connectivity index (χ1v) is 12.0. The van der Waals surface area contributed by atoms with Crippen molar-refractivity contribution in [3.8, 4) is 17.1 Å². The molecule has 1 heterocycles. The van der Waals surface area contributed by atoms with Crippen molar-refractivity contribution in [2.24, 2.45) is 5.92 Å². The van der Waals surface area contributed by atoms with E-state index in [1.54, 1.807) is 31.4 Å². The Morgan fingerprint density at radius 1 is 1.11 bits per heavy atom. The highest BCUT2D eigenvalue weighted by Crippen LogP contribution is 2.24. The fourth-order valence-corrected chi connectivity index (χ4v) is 3.69. The summed E-state index contributed by atoms with van der Waals surface area (Å²) in [5, 5.41) is 25.1. The largest absolute Gasteiger partial charge is 0.497 e. The second-order valence-corrected chi connectivity index (χ2v) is 8.97. The Morgan fingerprint density at radius 2 is 1.81 bits per heavy atom. The normalized spacial score (nSPS) is 11.8. The van der Waals surface area contributed by atoms with E-state index in [1.807, 2.05) is 31.2 Å². The lowest BCUT2D eigenvalue weighted by Crippen LogP contribution is -2.46. The number of nitrogens with zero attached hydrogens (tertiary/aromatic N) is 5. The summed E-state index contributed by atoms with van der Waals surface area (Å²) in [7, 11) is 1.56. The van der Waals surface area contributed by atoms with Gasteiger partial charge in [-0.3, -0.25) is 9.59 Å².